The lowest BCUT2D eigenvalue weighted by Crippen LogP contribution is -2.55. The summed E-state index contributed by atoms with van der Waals surface area (Å²) in [4.78, 5) is 30.6. The van der Waals surface area contributed by atoms with Crippen LogP contribution in [0.4, 0.5) is 21.8 Å². The molecule has 0 bridgehead atoms. The Hall–Kier alpha value is -3.90. The van der Waals surface area contributed by atoms with Crippen LogP contribution in [0.15, 0.2) is 30.7 Å². The smallest absolute Gasteiger partial charge is 0.256 e. The average molecular weight is 536 g/mol. The zero-order valence-electron chi connectivity index (χ0n) is 22.9. The third-order valence-electron chi connectivity index (χ3n) is 7.29. The van der Waals surface area contributed by atoms with Gasteiger partial charge in [0, 0.05) is 50.2 Å². The third kappa shape index (κ3) is 5.34. The number of likely N-dealkylation sites (N-methyl/N-ethyl adjacent to an activating group) is 1. The van der Waals surface area contributed by atoms with E-state index in [-0.39, 0.29) is 12.5 Å². The average Bonchev–Trinajstić information content (AvgIpc) is 3.51. The molecule has 3 aromatic rings. The molecule has 1 saturated heterocycles. The van der Waals surface area contributed by atoms with E-state index >= 15 is 0 Å². The number of piperazine rings is 1. The summed E-state index contributed by atoms with van der Waals surface area (Å²) in [5.41, 5.74) is 5.21. The summed E-state index contributed by atoms with van der Waals surface area (Å²) in [5.74, 6) is 1.23. The van der Waals surface area contributed by atoms with Gasteiger partial charge in [-0.1, -0.05) is 13.0 Å². The second-order valence-corrected chi connectivity index (χ2v) is 9.91. The van der Waals surface area contributed by atoms with Crippen LogP contribution in [-0.4, -0.2) is 86.6 Å². The van der Waals surface area contributed by atoms with Crippen molar-refractivity contribution in [2.45, 2.75) is 39.0 Å². The number of carbonyl (C=O) groups is 1. The SMILES string of the molecule is CCC(C(=O)Nc1nccc2c1CC=C2c1nc(Nc2cn(C)nc2OC)ncc1C)N1CCN(C)C(F)C1. The van der Waals surface area contributed by atoms with E-state index in [0.717, 1.165) is 28.0 Å². The van der Waals surface area contributed by atoms with Gasteiger partial charge in [0.1, 0.15) is 11.5 Å². The van der Waals surface area contributed by atoms with Crippen molar-refractivity contribution in [1.82, 2.24) is 34.5 Å². The summed E-state index contributed by atoms with van der Waals surface area (Å²) in [6.45, 7) is 5.35. The molecule has 1 amide bonds. The first-order valence-corrected chi connectivity index (χ1v) is 13.0. The topological polar surface area (TPSA) is 113 Å². The Labute approximate surface area is 227 Å². The molecule has 2 atom stereocenters. The van der Waals surface area contributed by atoms with Crippen LogP contribution in [-0.2, 0) is 18.3 Å². The van der Waals surface area contributed by atoms with Crippen LogP contribution >= 0.6 is 0 Å². The molecule has 1 aliphatic heterocycles. The zero-order chi connectivity index (χ0) is 27.7. The number of methoxy groups -OCH3 is 1. The fourth-order valence-corrected chi connectivity index (χ4v) is 5.14. The molecule has 2 unspecified atom stereocenters. The van der Waals surface area contributed by atoms with Crippen molar-refractivity contribution in [3.63, 3.8) is 0 Å². The van der Waals surface area contributed by atoms with E-state index < -0.39 is 12.3 Å². The highest BCUT2D eigenvalue weighted by Gasteiger charge is 2.32. The molecular formula is C27H34FN9O2. The minimum absolute atomic E-state index is 0.168. The summed E-state index contributed by atoms with van der Waals surface area (Å²) in [6.07, 6.45) is 7.46. The maximum Gasteiger partial charge on any atom is 0.256 e. The number of rotatable bonds is 8. The van der Waals surface area contributed by atoms with Gasteiger partial charge in [-0.05, 0) is 44.0 Å². The van der Waals surface area contributed by atoms with Crippen molar-refractivity contribution < 1.29 is 13.9 Å². The van der Waals surface area contributed by atoms with Gasteiger partial charge in [0.2, 0.25) is 11.9 Å². The van der Waals surface area contributed by atoms with Gasteiger partial charge in [-0.3, -0.25) is 19.3 Å². The van der Waals surface area contributed by atoms with E-state index in [1.54, 1.807) is 42.3 Å². The first-order valence-electron chi connectivity index (χ1n) is 13.0. The van der Waals surface area contributed by atoms with Crippen LogP contribution in [0.2, 0.25) is 0 Å². The van der Waals surface area contributed by atoms with E-state index in [0.29, 0.717) is 49.3 Å². The lowest BCUT2D eigenvalue weighted by molar-refractivity contribution is -0.123. The fourth-order valence-electron chi connectivity index (χ4n) is 5.14. The molecule has 206 valence electrons. The quantitative estimate of drug-likeness (QED) is 0.420. The number of nitrogens with one attached hydrogen (secondary N) is 2. The Kier molecular flexibility index (Phi) is 7.58. The van der Waals surface area contributed by atoms with Gasteiger partial charge < -0.3 is 15.4 Å². The van der Waals surface area contributed by atoms with Gasteiger partial charge in [0.15, 0.2) is 6.30 Å². The molecule has 0 saturated carbocycles. The van der Waals surface area contributed by atoms with Crippen molar-refractivity contribution in [1.29, 1.82) is 0 Å². The number of hydrogen-bond donors (Lipinski definition) is 2. The summed E-state index contributed by atoms with van der Waals surface area (Å²) in [6, 6.07) is 1.51. The highest BCUT2D eigenvalue weighted by molar-refractivity contribution is 5.96. The molecule has 2 N–H and O–H groups in total. The number of alkyl halides is 1. The standard InChI is InChI=1S/C27H34FN9O2/c1-6-21(37-12-11-35(3)22(28)15-37)25(38)33-24-19-8-7-18(17(19)9-10-29-24)23-16(2)13-30-27(32-23)31-20-14-36(4)34-26(20)39-5/h7,9-10,13-14,21-22H,6,8,11-12,15H2,1-5H3,(H,29,33,38)(H,30,31,32). The second kappa shape index (κ2) is 11.1. The molecule has 0 radical (unpaired) electrons. The van der Waals surface area contributed by atoms with Gasteiger partial charge in [0.25, 0.3) is 5.88 Å². The van der Waals surface area contributed by atoms with E-state index in [1.807, 2.05) is 31.9 Å². The largest absolute Gasteiger partial charge is 0.478 e. The molecule has 5 rings (SSSR count). The van der Waals surface area contributed by atoms with Crippen molar-refractivity contribution in [3.8, 4) is 5.88 Å². The van der Waals surface area contributed by atoms with Gasteiger partial charge in [-0.15, -0.1) is 5.10 Å². The van der Waals surface area contributed by atoms with Crippen LogP contribution < -0.4 is 15.4 Å². The van der Waals surface area contributed by atoms with Crippen molar-refractivity contribution in [2.24, 2.45) is 7.05 Å². The van der Waals surface area contributed by atoms with E-state index in [4.69, 9.17) is 9.72 Å². The molecule has 2 aliphatic rings. The first kappa shape index (κ1) is 26.7. The van der Waals surface area contributed by atoms with E-state index in [9.17, 15) is 9.18 Å². The number of amides is 1. The second-order valence-electron chi connectivity index (χ2n) is 9.91. The third-order valence-corrected chi connectivity index (χ3v) is 7.29. The molecule has 4 heterocycles. The van der Waals surface area contributed by atoms with Crippen molar-refractivity contribution >= 4 is 28.9 Å². The summed E-state index contributed by atoms with van der Waals surface area (Å²) >= 11 is 0. The summed E-state index contributed by atoms with van der Waals surface area (Å²) in [5, 5.41) is 10.5. The van der Waals surface area contributed by atoms with Gasteiger partial charge in [0.05, 0.1) is 25.0 Å². The molecular weight excluding hydrogens is 501 g/mol. The number of pyridine rings is 1. The normalized spacial score (nSPS) is 18.4. The van der Waals surface area contributed by atoms with Crippen LogP contribution in [0.1, 0.15) is 35.7 Å². The van der Waals surface area contributed by atoms with Crippen LogP contribution in [0, 0.1) is 6.92 Å². The number of fused-ring (bicyclic) bond motifs is 1. The van der Waals surface area contributed by atoms with Gasteiger partial charge >= 0.3 is 0 Å². The van der Waals surface area contributed by atoms with Crippen LogP contribution in [0.25, 0.3) is 5.57 Å². The number of anilines is 3. The number of halogens is 1. The Morgan fingerprint density at radius 3 is 2.85 bits per heavy atom. The number of nitrogens with zero attached hydrogens (tertiary/aromatic N) is 7. The highest BCUT2D eigenvalue weighted by Crippen LogP contribution is 2.36. The molecule has 1 fully saturated rings. The van der Waals surface area contributed by atoms with Gasteiger partial charge in [-0.2, -0.15) is 0 Å². The Balaban J connectivity index is 1.37. The Bertz CT molecular complexity index is 1410. The Morgan fingerprint density at radius 1 is 1.28 bits per heavy atom. The number of carbonyl (C=O) groups excluding carboxylic acids is 1. The molecule has 11 nitrogen and oxygen atoms in total. The number of ether oxygens (including phenoxy) is 1. The molecule has 1 aliphatic carbocycles. The minimum Gasteiger partial charge on any atom is -0.478 e. The Morgan fingerprint density at radius 2 is 2.10 bits per heavy atom. The highest BCUT2D eigenvalue weighted by atomic mass is 19.1. The van der Waals surface area contributed by atoms with Crippen LogP contribution in [0.3, 0.4) is 0 Å². The van der Waals surface area contributed by atoms with E-state index in [2.05, 4.69) is 31.8 Å². The number of aryl methyl sites for hydroxylation is 2. The van der Waals surface area contributed by atoms with Crippen LogP contribution in [0.5, 0.6) is 5.88 Å². The molecule has 0 aromatic carbocycles. The predicted molar refractivity (Wildman–Crippen MR) is 147 cm³/mol. The van der Waals surface area contributed by atoms with E-state index in [1.165, 1.54) is 0 Å². The van der Waals surface area contributed by atoms with Gasteiger partial charge in [-0.25, -0.2) is 19.3 Å². The molecule has 3 aromatic heterocycles. The van der Waals surface area contributed by atoms with Crippen molar-refractivity contribution in [2.75, 3.05) is 44.4 Å². The van der Waals surface area contributed by atoms with Crippen molar-refractivity contribution in [3.05, 3.63) is 53.1 Å². The monoisotopic (exact) mass is 535 g/mol. The lowest BCUT2D eigenvalue weighted by Gasteiger charge is -2.38. The summed E-state index contributed by atoms with van der Waals surface area (Å²) in [7, 11) is 5.13. The zero-order valence-corrected chi connectivity index (χ0v) is 22.9. The lowest BCUT2D eigenvalue weighted by atomic mass is 10.0. The minimum atomic E-state index is -1.08. The predicted octanol–water partition coefficient (Wildman–Crippen LogP) is 2.91. The maximum atomic E-state index is 14.3. The fraction of sp³-hybridized carbons (Fsp3) is 0.444. The number of allylic oxidation sites excluding steroid dienone is 1. The molecule has 0 spiro atoms. The first-order chi connectivity index (χ1) is 18.8. The number of aromatic nitrogens is 5. The summed E-state index contributed by atoms with van der Waals surface area (Å²) < 4.78 is 21.3. The molecule has 12 heteroatoms. The maximum absolute atomic E-state index is 14.3. The number of hydrogen-bond acceptors (Lipinski definition) is 9. The molecule has 39 heavy (non-hydrogen) atoms.